The predicted molar refractivity (Wildman–Crippen MR) is 49.2 cm³/mol. The number of aromatic amines is 1. The van der Waals surface area contributed by atoms with Crippen molar-refractivity contribution in [3.63, 3.8) is 0 Å². The molecule has 6 nitrogen and oxygen atoms in total. The molecule has 2 heterocycles. The molecule has 0 atom stereocenters. The lowest BCUT2D eigenvalue weighted by Crippen LogP contribution is -2.12. The third-order valence-corrected chi connectivity index (χ3v) is 1.84. The summed E-state index contributed by atoms with van der Waals surface area (Å²) in [5.41, 5.74) is 1.27. The SMILES string of the molecule is COc1nc2c(C)ncnc2[nH]c1=O. The first-order chi connectivity index (χ1) is 6.72. The average Bonchev–Trinajstić information content (AvgIpc) is 2.17. The number of ether oxygens (including phenoxy) is 1. The molecule has 0 aliphatic rings. The Morgan fingerprint density at radius 3 is 2.93 bits per heavy atom. The lowest BCUT2D eigenvalue weighted by atomic mass is 10.4. The highest BCUT2D eigenvalue weighted by Gasteiger charge is 2.07. The molecule has 0 spiro atoms. The van der Waals surface area contributed by atoms with Crippen LogP contribution in [0.3, 0.4) is 0 Å². The Hall–Kier alpha value is -1.98. The Labute approximate surface area is 79.0 Å². The first kappa shape index (κ1) is 8.61. The van der Waals surface area contributed by atoms with Crippen LogP contribution in [0.4, 0.5) is 0 Å². The lowest BCUT2D eigenvalue weighted by Gasteiger charge is -2.01. The summed E-state index contributed by atoms with van der Waals surface area (Å²) in [6, 6.07) is 0. The van der Waals surface area contributed by atoms with Crippen molar-refractivity contribution in [2.24, 2.45) is 0 Å². The molecule has 2 rings (SSSR count). The minimum absolute atomic E-state index is 0.0235. The van der Waals surface area contributed by atoms with Crippen molar-refractivity contribution < 1.29 is 4.74 Å². The van der Waals surface area contributed by atoms with E-state index < -0.39 is 5.56 Å². The van der Waals surface area contributed by atoms with Gasteiger partial charge in [0, 0.05) is 0 Å². The highest BCUT2D eigenvalue weighted by Crippen LogP contribution is 2.09. The Morgan fingerprint density at radius 1 is 1.43 bits per heavy atom. The van der Waals surface area contributed by atoms with Gasteiger partial charge in [0.2, 0.25) is 0 Å². The maximum absolute atomic E-state index is 11.3. The summed E-state index contributed by atoms with van der Waals surface area (Å²) < 4.78 is 4.80. The fourth-order valence-electron chi connectivity index (χ4n) is 1.14. The van der Waals surface area contributed by atoms with Crippen LogP contribution < -0.4 is 10.3 Å². The van der Waals surface area contributed by atoms with Crippen LogP contribution in [-0.4, -0.2) is 27.0 Å². The Bertz CT molecular complexity index is 534. The number of nitrogens with one attached hydrogen (secondary N) is 1. The van der Waals surface area contributed by atoms with Crippen molar-refractivity contribution in [2.75, 3.05) is 7.11 Å². The molecule has 14 heavy (non-hydrogen) atoms. The van der Waals surface area contributed by atoms with Crippen LogP contribution in [0, 0.1) is 6.92 Å². The first-order valence-electron chi connectivity index (χ1n) is 3.98. The summed E-state index contributed by atoms with van der Waals surface area (Å²) in [4.78, 5) is 25.7. The van der Waals surface area contributed by atoms with E-state index in [0.29, 0.717) is 16.9 Å². The zero-order valence-electron chi connectivity index (χ0n) is 7.74. The molecule has 0 saturated heterocycles. The fourth-order valence-corrected chi connectivity index (χ4v) is 1.14. The van der Waals surface area contributed by atoms with Crippen molar-refractivity contribution in [1.29, 1.82) is 0 Å². The summed E-state index contributed by atoms with van der Waals surface area (Å²) in [7, 11) is 1.39. The molecule has 0 aromatic carbocycles. The maximum atomic E-state index is 11.3. The first-order valence-corrected chi connectivity index (χ1v) is 3.98. The van der Waals surface area contributed by atoms with Gasteiger partial charge in [0.15, 0.2) is 5.65 Å². The molecule has 0 aliphatic heterocycles. The van der Waals surface area contributed by atoms with Crippen LogP contribution in [-0.2, 0) is 0 Å². The van der Waals surface area contributed by atoms with Gasteiger partial charge in [0.1, 0.15) is 11.8 Å². The van der Waals surface area contributed by atoms with Gasteiger partial charge >= 0.3 is 5.56 Å². The number of hydrogen-bond acceptors (Lipinski definition) is 5. The van der Waals surface area contributed by atoms with E-state index in [4.69, 9.17) is 4.74 Å². The van der Waals surface area contributed by atoms with Crippen LogP contribution in [0.1, 0.15) is 5.69 Å². The van der Waals surface area contributed by atoms with Crippen molar-refractivity contribution in [3.05, 3.63) is 22.4 Å². The van der Waals surface area contributed by atoms with Gasteiger partial charge in [-0.1, -0.05) is 0 Å². The number of H-pyrrole nitrogens is 1. The highest BCUT2D eigenvalue weighted by molar-refractivity contribution is 5.71. The fraction of sp³-hybridized carbons (Fsp3) is 0.250. The lowest BCUT2D eigenvalue weighted by molar-refractivity contribution is 0.392. The van der Waals surface area contributed by atoms with E-state index in [1.807, 2.05) is 0 Å². The van der Waals surface area contributed by atoms with Crippen LogP contribution in [0.5, 0.6) is 5.88 Å². The maximum Gasteiger partial charge on any atom is 0.312 e. The van der Waals surface area contributed by atoms with E-state index in [-0.39, 0.29) is 5.88 Å². The monoisotopic (exact) mass is 192 g/mol. The molecule has 6 heteroatoms. The average molecular weight is 192 g/mol. The van der Waals surface area contributed by atoms with Crippen LogP contribution in [0.15, 0.2) is 11.1 Å². The molecule has 0 unspecified atom stereocenters. The van der Waals surface area contributed by atoms with Crippen LogP contribution >= 0.6 is 0 Å². The Kier molecular flexibility index (Phi) is 1.88. The molecule has 72 valence electrons. The van der Waals surface area contributed by atoms with E-state index in [1.54, 1.807) is 6.92 Å². The Balaban J connectivity index is 2.87. The van der Waals surface area contributed by atoms with E-state index in [2.05, 4.69) is 19.9 Å². The smallest absolute Gasteiger partial charge is 0.312 e. The number of hydrogen-bond donors (Lipinski definition) is 1. The molecule has 2 aromatic heterocycles. The zero-order valence-corrected chi connectivity index (χ0v) is 7.74. The zero-order chi connectivity index (χ0) is 10.1. The summed E-state index contributed by atoms with van der Waals surface area (Å²) in [5.74, 6) is 0.0235. The predicted octanol–water partition coefficient (Wildman–Crippen LogP) is 0.0301. The number of fused-ring (bicyclic) bond motifs is 1. The van der Waals surface area contributed by atoms with E-state index in [0.717, 1.165) is 0 Å². The second kappa shape index (κ2) is 3.06. The largest absolute Gasteiger partial charge is 0.477 e. The quantitative estimate of drug-likeness (QED) is 0.689. The van der Waals surface area contributed by atoms with Gasteiger partial charge in [-0.3, -0.25) is 4.79 Å². The van der Waals surface area contributed by atoms with Crippen molar-refractivity contribution in [1.82, 2.24) is 19.9 Å². The highest BCUT2D eigenvalue weighted by atomic mass is 16.5. The molecule has 0 aliphatic carbocycles. The van der Waals surface area contributed by atoms with Gasteiger partial charge < -0.3 is 9.72 Å². The third-order valence-electron chi connectivity index (χ3n) is 1.84. The van der Waals surface area contributed by atoms with Gasteiger partial charge in [0.25, 0.3) is 5.88 Å². The van der Waals surface area contributed by atoms with Gasteiger partial charge in [0.05, 0.1) is 12.8 Å². The topological polar surface area (TPSA) is 80.8 Å². The molecular formula is C8H8N4O2. The van der Waals surface area contributed by atoms with Gasteiger partial charge in [-0.25, -0.2) is 15.0 Å². The number of nitrogens with zero attached hydrogens (tertiary/aromatic N) is 3. The number of aryl methyl sites for hydroxylation is 1. The second-order valence-electron chi connectivity index (χ2n) is 2.73. The molecule has 1 N–H and O–H groups in total. The van der Waals surface area contributed by atoms with Crippen molar-refractivity contribution >= 4 is 11.2 Å². The van der Waals surface area contributed by atoms with Crippen LogP contribution in [0.25, 0.3) is 11.2 Å². The number of aromatic nitrogens is 4. The number of methoxy groups -OCH3 is 1. The second-order valence-corrected chi connectivity index (χ2v) is 2.73. The van der Waals surface area contributed by atoms with Crippen LogP contribution in [0.2, 0.25) is 0 Å². The summed E-state index contributed by atoms with van der Waals surface area (Å²) in [5, 5.41) is 0. The van der Waals surface area contributed by atoms with Crippen molar-refractivity contribution in [3.8, 4) is 5.88 Å². The van der Waals surface area contributed by atoms with Gasteiger partial charge in [-0.05, 0) is 6.92 Å². The molecule has 0 saturated carbocycles. The van der Waals surface area contributed by atoms with E-state index in [9.17, 15) is 4.79 Å². The minimum Gasteiger partial charge on any atom is -0.477 e. The van der Waals surface area contributed by atoms with E-state index >= 15 is 0 Å². The molecule has 0 radical (unpaired) electrons. The summed E-state index contributed by atoms with van der Waals surface area (Å²) >= 11 is 0. The summed E-state index contributed by atoms with van der Waals surface area (Å²) in [6.07, 6.45) is 1.38. The van der Waals surface area contributed by atoms with E-state index in [1.165, 1.54) is 13.4 Å². The summed E-state index contributed by atoms with van der Waals surface area (Å²) in [6.45, 7) is 1.79. The molecular weight excluding hydrogens is 184 g/mol. The number of rotatable bonds is 1. The minimum atomic E-state index is -0.391. The normalized spacial score (nSPS) is 10.4. The third kappa shape index (κ3) is 1.20. The molecule has 2 aromatic rings. The van der Waals surface area contributed by atoms with Crippen molar-refractivity contribution in [2.45, 2.75) is 6.92 Å². The molecule has 0 bridgehead atoms. The Morgan fingerprint density at radius 2 is 2.21 bits per heavy atom. The molecule has 0 fully saturated rings. The molecule has 0 amide bonds. The van der Waals surface area contributed by atoms with Gasteiger partial charge in [-0.2, -0.15) is 0 Å². The van der Waals surface area contributed by atoms with Gasteiger partial charge in [-0.15, -0.1) is 0 Å². The standard InChI is InChI=1S/C8H8N4O2/c1-4-5-6(10-3-9-4)12-7(13)8(11-5)14-2/h3H,1-2H3,(H,9,10,12,13).